The van der Waals surface area contributed by atoms with Crippen molar-refractivity contribution in [3.8, 4) is 0 Å². The number of hydrogen-bond donors (Lipinski definition) is 2. The van der Waals surface area contributed by atoms with Gasteiger partial charge in [0.05, 0.1) is 10.4 Å². The Balaban J connectivity index is 1.90. The Morgan fingerprint density at radius 1 is 1.50 bits per heavy atom. The van der Waals surface area contributed by atoms with Gasteiger partial charge in [-0.3, -0.25) is 9.48 Å². The highest BCUT2D eigenvalue weighted by atomic mass is 32.1. The van der Waals surface area contributed by atoms with Crippen LogP contribution in [-0.2, 0) is 18.3 Å². The second-order valence-corrected chi connectivity index (χ2v) is 5.79. The Hall–Kier alpha value is -1.50. The molecule has 1 aliphatic carbocycles. The molecule has 0 saturated heterocycles. The molecule has 1 amide bonds. The normalized spacial score (nSPS) is 17.6. The standard InChI is InChI=1S/C13H21N5OS/c1-18-9-16-10(17-18)5-8-15-12(19)13(11(14)20)6-3-2-4-7-13/h9H,2-8H2,1H3,(H2,14,20)(H,15,19). The molecule has 7 heteroatoms. The van der Waals surface area contributed by atoms with E-state index in [1.165, 1.54) is 0 Å². The molecule has 0 atom stereocenters. The molecule has 1 heterocycles. The van der Waals surface area contributed by atoms with Gasteiger partial charge >= 0.3 is 0 Å². The number of carbonyl (C=O) groups is 1. The van der Waals surface area contributed by atoms with Crippen molar-refractivity contribution in [1.82, 2.24) is 20.1 Å². The molecule has 1 fully saturated rings. The van der Waals surface area contributed by atoms with Crippen LogP contribution in [0.5, 0.6) is 0 Å². The first-order valence-corrected chi connectivity index (χ1v) is 7.38. The maximum Gasteiger partial charge on any atom is 0.233 e. The monoisotopic (exact) mass is 295 g/mol. The Morgan fingerprint density at radius 2 is 2.20 bits per heavy atom. The number of aromatic nitrogens is 3. The van der Waals surface area contributed by atoms with Gasteiger partial charge in [0.2, 0.25) is 5.91 Å². The van der Waals surface area contributed by atoms with Crippen LogP contribution in [0.25, 0.3) is 0 Å². The van der Waals surface area contributed by atoms with Crippen molar-refractivity contribution in [3.63, 3.8) is 0 Å². The highest BCUT2D eigenvalue weighted by molar-refractivity contribution is 7.80. The van der Waals surface area contributed by atoms with Crippen LogP contribution < -0.4 is 11.1 Å². The van der Waals surface area contributed by atoms with Crippen LogP contribution in [0.1, 0.15) is 37.9 Å². The molecule has 1 aliphatic rings. The number of carbonyl (C=O) groups excluding carboxylic acids is 1. The Morgan fingerprint density at radius 3 is 2.75 bits per heavy atom. The summed E-state index contributed by atoms with van der Waals surface area (Å²) in [6.45, 7) is 0.507. The molecule has 1 aromatic rings. The van der Waals surface area contributed by atoms with E-state index >= 15 is 0 Å². The van der Waals surface area contributed by atoms with Crippen LogP contribution in [0.2, 0.25) is 0 Å². The molecule has 0 spiro atoms. The molecule has 1 saturated carbocycles. The minimum absolute atomic E-state index is 0.0411. The SMILES string of the molecule is Cn1cnc(CCNC(=O)C2(C(N)=S)CCCCC2)n1. The number of nitrogens with zero attached hydrogens (tertiary/aromatic N) is 3. The lowest BCUT2D eigenvalue weighted by Gasteiger charge is -2.34. The van der Waals surface area contributed by atoms with E-state index in [4.69, 9.17) is 18.0 Å². The van der Waals surface area contributed by atoms with Gasteiger partial charge in [-0.1, -0.05) is 31.5 Å². The molecule has 110 valence electrons. The summed E-state index contributed by atoms with van der Waals surface area (Å²) in [4.78, 5) is 16.9. The van der Waals surface area contributed by atoms with E-state index < -0.39 is 5.41 Å². The van der Waals surface area contributed by atoms with Crippen LogP contribution in [-0.4, -0.2) is 32.2 Å². The predicted molar refractivity (Wildman–Crippen MR) is 80.0 cm³/mol. The van der Waals surface area contributed by atoms with Gasteiger partial charge in [-0.25, -0.2) is 4.98 Å². The molecular weight excluding hydrogens is 274 g/mol. The van der Waals surface area contributed by atoms with Crippen LogP contribution >= 0.6 is 12.2 Å². The summed E-state index contributed by atoms with van der Waals surface area (Å²) < 4.78 is 1.65. The zero-order valence-electron chi connectivity index (χ0n) is 11.8. The summed E-state index contributed by atoms with van der Waals surface area (Å²) >= 11 is 5.14. The maximum absolute atomic E-state index is 12.4. The molecule has 0 aromatic carbocycles. The fourth-order valence-corrected chi connectivity index (χ4v) is 2.99. The second kappa shape index (κ2) is 6.30. The molecule has 0 unspecified atom stereocenters. The molecule has 0 bridgehead atoms. The third kappa shape index (κ3) is 3.15. The molecule has 20 heavy (non-hydrogen) atoms. The molecule has 0 aliphatic heterocycles. The highest BCUT2D eigenvalue weighted by Crippen LogP contribution is 2.36. The molecule has 1 aromatic heterocycles. The van der Waals surface area contributed by atoms with Gasteiger partial charge < -0.3 is 11.1 Å². The van der Waals surface area contributed by atoms with Crippen molar-refractivity contribution in [3.05, 3.63) is 12.2 Å². The lowest BCUT2D eigenvalue weighted by molar-refractivity contribution is -0.128. The summed E-state index contributed by atoms with van der Waals surface area (Å²) in [6.07, 6.45) is 6.94. The third-order valence-electron chi connectivity index (χ3n) is 3.89. The summed E-state index contributed by atoms with van der Waals surface area (Å²) in [5, 5.41) is 7.11. The lowest BCUT2D eigenvalue weighted by Crippen LogP contribution is -2.50. The van der Waals surface area contributed by atoms with Crippen molar-refractivity contribution < 1.29 is 4.79 Å². The minimum Gasteiger partial charge on any atom is -0.392 e. The van der Waals surface area contributed by atoms with E-state index in [9.17, 15) is 4.79 Å². The number of aryl methyl sites for hydroxylation is 1. The first kappa shape index (κ1) is 14.9. The third-order valence-corrected chi connectivity index (χ3v) is 4.29. The Kier molecular flexibility index (Phi) is 4.69. The molecular formula is C13H21N5OS. The van der Waals surface area contributed by atoms with Gasteiger partial charge in [-0.2, -0.15) is 5.10 Å². The number of nitrogens with two attached hydrogens (primary N) is 1. The van der Waals surface area contributed by atoms with Crippen molar-refractivity contribution >= 4 is 23.1 Å². The summed E-state index contributed by atoms with van der Waals surface area (Å²) in [7, 11) is 1.82. The largest absolute Gasteiger partial charge is 0.392 e. The topological polar surface area (TPSA) is 85.8 Å². The lowest BCUT2D eigenvalue weighted by atomic mass is 9.73. The van der Waals surface area contributed by atoms with E-state index in [-0.39, 0.29) is 5.91 Å². The van der Waals surface area contributed by atoms with Crippen LogP contribution in [0, 0.1) is 5.41 Å². The maximum atomic E-state index is 12.4. The first-order valence-electron chi connectivity index (χ1n) is 6.97. The number of hydrogen-bond acceptors (Lipinski definition) is 4. The van der Waals surface area contributed by atoms with Gasteiger partial charge in [0.15, 0.2) is 5.82 Å². The van der Waals surface area contributed by atoms with Crippen molar-refractivity contribution in [1.29, 1.82) is 0 Å². The smallest absolute Gasteiger partial charge is 0.233 e. The Bertz CT molecular complexity index is 493. The number of thiocarbonyl (C=S) groups is 1. The first-order chi connectivity index (χ1) is 9.54. The van der Waals surface area contributed by atoms with Crippen molar-refractivity contribution in [2.24, 2.45) is 18.2 Å². The van der Waals surface area contributed by atoms with Crippen LogP contribution in [0.15, 0.2) is 6.33 Å². The quantitative estimate of drug-likeness (QED) is 0.781. The Labute approximate surface area is 124 Å². The number of amides is 1. The van der Waals surface area contributed by atoms with E-state index in [1.54, 1.807) is 11.0 Å². The average Bonchev–Trinajstić information content (AvgIpc) is 2.85. The fourth-order valence-electron chi connectivity index (χ4n) is 2.70. The summed E-state index contributed by atoms with van der Waals surface area (Å²) in [5.41, 5.74) is 5.18. The predicted octanol–water partition coefficient (Wildman–Crippen LogP) is 0.710. The summed E-state index contributed by atoms with van der Waals surface area (Å²) in [5.74, 6) is 0.682. The van der Waals surface area contributed by atoms with E-state index in [2.05, 4.69) is 15.4 Å². The van der Waals surface area contributed by atoms with Crippen molar-refractivity contribution in [2.45, 2.75) is 38.5 Å². The zero-order valence-corrected chi connectivity index (χ0v) is 12.6. The number of nitrogens with one attached hydrogen (secondary N) is 1. The average molecular weight is 295 g/mol. The van der Waals surface area contributed by atoms with Crippen molar-refractivity contribution in [2.75, 3.05) is 6.54 Å². The molecule has 2 rings (SSSR count). The number of rotatable bonds is 5. The van der Waals surface area contributed by atoms with Gasteiger partial charge in [-0.15, -0.1) is 0 Å². The van der Waals surface area contributed by atoms with E-state index in [0.717, 1.165) is 37.9 Å². The second-order valence-electron chi connectivity index (χ2n) is 5.35. The fraction of sp³-hybridized carbons (Fsp3) is 0.692. The van der Waals surface area contributed by atoms with Gasteiger partial charge in [0, 0.05) is 20.0 Å². The highest BCUT2D eigenvalue weighted by Gasteiger charge is 2.42. The molecule has 6 nitrogen and oxygen atoms in total. The minimum atomic E-state index is -0.648. The van der Waals surface area contributed by atoms with Gasteiger partial charge in [0.1, 0.15) is 6.33 Å². The molecule has 3 N–H and O–H groups in total. The van der Waals surface area contributed by atoms with Gasteiger partial charge in [-0.05, 0) is 12.8 Å². The van der Waals surface area contributed by atoms with E-state index in [1.807, 2.05) is 7.05 Å². The van der Waals surface area contributed by atoms with E-state index in [0.29, 0.717) is 18.0 Å². The van der Waals surface area contributed by atoms with Crippen LogP contribution in [0.4, 0.5) is 0 Å². The zero-order chi connectivity index (χ0) is 14.6. The van der Waals surface area contributed by atoms with Gasteiger partial charge in [0.25, 0.3) is 0 Å². The summed E-state index contributed by atoms with van der Waals surface area (Å²) in [6, 6.07) is 0. The van der Waals surface area contributed by atoms with Crippen LogP contribution in [0.3, 0.4) is 0 Å². The molecule has 0 radical (unpaired) electrons.